The molecular weight excluding hydrogens is 204 g/mol. The number of nitrogens with one attached hydrogen (secondary N) is 1. The number of hydrogen-bond acceptors (Lipinski definition) is 4. The summed E-state index contributed by atoms with van der Waals surface area (Å²) in [5.41, 5.74) is 5.33. The minimum Gasteiger partial charge on any atom is -0.368 e. The largest absolute Gasteiger partial charge is 0.368 e. The van der Waals surface area contributed by atoms with E-state index in [1.807, 2.05) is 6.92 Å². The Hall–Kier alpha value is -0.650. The van der Waals surface area contributed by atoms with Crippen LogP contribution < -0.4 is 11.1 Å². The van der Waals surface area contributed by atoms with Crippen LogP contribution in [0.2, 0.25) is 0 Å². The molecular formula is C11H24N4O. The van der Waals surface area contributed by atoms with Gasteiger partial charge in [0.25, 0.3) is 0 Å². The van der Waals surface area contributed by atoms with Crippen LogP contribution in [0.5, 0.6) is 0 Å². The Morgan fingerprint density at radius 2 is 2.00 bits per heavy atom. The standard InChI is InChI=1S/C11H24N4O/c1-3-13-10(11(12)16)4-5-15-8-6-14(2)7-9-15/h10,13H,3-9H2,1-2H3,(H2,12,16). The summed E-state index contributed by atoms with van der Waals surface area (Å²) in [6, 6.07) is -0.176. The van der Waals surface area contributed by atoms with Gasteiger partial charge in [-0.15, -0.1) is 0 Å². The summed E-state index contributed by atoms with van der Waals surface area (Å²) in [5, 5.41) is 3.12. The summed E-state index contributed by atoms with van der Waals surface area (Å²) in [6.07, 6.45) is 0.812. The van der Waals surface area contributed by atoms with E-state index in [0.717, 1.165) is 45.7 Å². The van der Waals surface area contributed by atoms with Crippen LogP contribution in [-0.2, 0) is 4.79 Å². The van der Waals surface area contributed by atoms with Gasteiger partial charge in [-0.05, 0) is 20.0 Å². The SMILES string of the molecule is CCNC(CCN1CCN(C)CC1)C(N)=O. The molecule has 1 heterocycles. The van der Waals surface area contributed by atoms with E-state index in [9.17, 15) is 4.79 Å². The molecule has 1 unspecified atom stereocenters. The molecule has 1 saturated heterocycles. The number of nitrogens with zero attached hydrogens (tertiary/aromatic N) is 2. The lowest BCUT2D eigenvalue weighted by Gasteiger charge is -2.33. The van der Waals surface area contributed by atoms with E-state index in [-0.39, 0.29) is 11.9 Å². The monoisotopic (exact) mass is 228 g/mol. The number of primary amides is 1. The van der Waals surface area contributed by atoms with Gasteiger partial charge in [0.1, 0.15) is 0 Å². The summed E-state index contributed by atoms with van der Waals surface area (Å²) in [5.74, 6) is -0.240. The van der Waals surface area contributed by atoms with Crippen molar-refractivity contribution < 1.29 is 4.79 Å². The molecule has 0 aromatic carbocycles. The first-order valence-electron chi connectivity index (χ1n) is 6.07. The Morgan fingerprint density at radius 3 is 2.50 bits per heavy atom. The summed E-state index contributed by atoms with van der Waals surface area (Å²) in [6.45, 7) is 8.14. The Bertz CT molecular complexity index is 214. The predicted octanol–water partition coefficient (Wildman–Crippen LogP) is -0.913. The number of piperazine rings is 1. The number of likely N-dealkylation sites (N-methyl/N-ethyl adjacent to an activating group) is 2. The summed E-state index contributed by atoms with van der Waals surface area (Å²) in [4.78, 5) is 15.9. The van der Waals surface area contributed by atoms with E-state index in [2.05, 4.69) is 22.2 Å². The van der Waals surface area contributed by atoms with Gasteiger partial charge in [0.05, 0.1) is 6.04 Å². The van der Waals surface area contributed by atoms with E-state index >= 15 is 0 Å². The molecule has 1 aliphatic heterocycles. The van der Waals surface area contributed by atoms with Crippen molar-refractivity contribution in [1.82, 2.24) is 15.1 Å². The van der Waals surface area contributed by atoms with Crippen LogP contribution in [0.15, 0.2) is 0 Å². The molecule has 0 aromatic heterocycles. The van der Waals surface area contributed by atoms with Gasteiger partial charge >= 0.3 is 0 Å². The van der Waals surface area contributed by atoms with Crippen molar-refractivity contribution in [3.05, 3.63) is 0 Å². The van der Waals surface area contributed by atoms with Crippen molar-refractivity contribution in [3.8, 4) is 0 Å². The molecule has 3 N–H and O–H groups in total. The average molecular weight is 228 g/mol. The molecule has 1 aliphatic rings. The Kier molecular flexibility index (Phi) is 5.73. The van der Waals surface area contributed by atoms with Gasteiger partial charge < -0.3 is 20.9 Å². The third-order valence-electron chi connectivity index (χ3n) is 3.12. The van der Waals surface area contributed by atoms with Gasteiger partial charge in [-0.25, -0.2) is 0 Å². The van der Waals surface area contributed by atoms with Crippen LogP contribution in [0.4, 0.5) is 0 Å². The maximum absolute atomic E-state index is 11.1. The Labute approximate surface area is 98.0 Å². The lowest BCUT2D eigenvalue weighted by Crippen LogP contribution is -2.48. The van der Waals surface area contributed by atoms with Crippen LogP contribution in [0.25, 0.3) is 0 Å². The highest BCUT2D eigenvalue weighted by molar-refractivity contribution is 5.79. The molecule has 1 rings (SSSR count). The maximum Gasteiger partial charge on any atom is 0.234 e. The summed E-state index contributed by atoms with van der Waals surface area (Å²) in [7, 11) is 2.14. The topological polar surface area (TPSA) is 61.6 Å². The maximum atomic E-state index is 11.1. The van der Waals surface area contributed by atoms with Crippen LogP contribution in [0.1, 0.15) is 13.3 Å². The molecule has 0 spiro atoms. The molecule has 0 bridgehead atoms. The normalized spacial score (nSPS) is 20.9. The summed E-state index contributed by atoms with van der Waals surface area (Å²) < 4.78 is 0. The van der Waals surface area contributed by atoms with Crippen molar-refractivity contribution >= 4 is 5.91 Å². The molecule has 0 saturated carbocycles. The first kappa shape index (κ1) is 13.4. The third kappa shape index (κ3) is 4.47. The molecule has 0 aliphatic carbocycles. The van der Waals surface area contributed by atoms with E-state index < -0.39 is 0 Å². The zero-order chi connectivity index (χ0) is 12.0. The number of carbonyl (C=O) groups is 1. The third-order valence-corrected chi connectivity index (χ3v) is 3.12. The quantitative estimate of drug-likeness (QED) is 0.618. The van der Waals surface area contributed by atoms with E-state index in [1.54, 1.807) is 0 Å². The molecule has 1 atom stereocenters. The van der Waals surface area contributed by atoms with Crippen molar-refractivity contribution in [2.24, 2.45) is 5.73 Å². The van der Waals surface area contributed by atoms with Crippen molar-refractivity contribution in [2.45, 2.75) is 19.4 Å². The fourth-order valence-electron chi connectivity index (χ4n) is 1.97. The van der Waals surface area contributed by atoms with E-state index in [4.69, 9.17) is 5.73 Å². The number of rotatable bonds is 6. The Balaban J connectivity index is 2.23. The zero-order valence-corrected chi connectivity index (χ0v) is 10.4. The predicted molar refractivity (Wildman–Crippen MR) is 65.2 cm³/mol. The molecule has 94 valence electrons. The number of carbonyl (C=O) groups excluding carboxylic acids is 1. The van der Waals surface area contributed by atoms with E-state index in [1.165, 1.54) is 0 Å². The first-order valence-corrected chi connectivity index (χ1v) is 6.07. The molecule has 0 aromatic rings. The number of nitrogens with two attached hydrogens (primary N) is 1. The van der Waals surface area contributed by atoms with Crippen molar-refractivity contribution in [1.29, 1.82) is 0 Å². The minimum absolute atomic E-state index is 0.176. The van der Waals surface area contributed by atoms with Gasteiger partial charge in [-0.1, -0.05) is 6.92 Å². The van der Waals surface area contributed by atoms with Gasteiger partial charge in [-0.2, -0.15) is 0 Å². The van der Waals surface area contributed by atoms with Gasteiger partial charge in [0.2, 0.25) is 5.91 Å². The van der Waals surface area contributed by atoms with Gasteiger partial charge in [-0.3, -0.25) is 4.79 Å². The minimum atomic E-state index is -0.240. The number of hydrogen-bond donors (Lipinski definition) is 2. The van der Waals surface area contributed by atoms with Crippen molar-refractivity contribution in [3.63, 3.8) is 0 Å². The molecule has 1 fully saturated rings. The first-order chi connectivity index (χ1) is 7.63. The second-order valence-corrected chi connectivity index (χ2v) is 4.45. The smallest absolute Gasteiger partial charge is 0.234 e. The molecule has 1 amide bonds. The molecule has 5 heteroatoms. The van der Waals surface area contributed by atoms with Crippen LogP contribution in [0.3, 0.4) is 0 Å². The van der Waals surface area contributed by atoms with Gasteiger partial charge in [0.15, 0.2) is 0 Å². The lowest BCUT2D eigenvalue weighted by molar-refractivity contribution is -0.120. The van der Waals surface area contributed by atoms with Crippen LogP contribution in [-0.4, -0.2) is 68.1 Å². The zero-order valence-electron chi connectivity index (χ0n) is 10.4. The van der Waals surface area contributed by atoms with Crippen LogP contribution >= 0.6 is 0 Å². The van der Waals surface area contributed by atoms with Crippen molar-refractivity contribution in [2.75, 3.05) is 46.3 Å². The van der Waals surface area contributed by atoms with E-state index in [0.29, 0.717) is 0 Å². The summed E-state index contributed by atoms with van der Waals surface area (Å²) >= 11 is 0. The highest BCUT2D eigenvalue weighted by atomic mass is 16.1. The highest BCUT2D eigenvalue weighted by Crippen LogP contribution is 2.02. The van der Waals surface area contributed by atoms with Crippen LogP contribution in [0, 0.1) is 0 Å². The lowest BCUT2D eigenvalue weighted by atomic mass is 10.1. The molecule has 16 heavy (non-hydrogen) atoms. The fourth-order valence-corrected chi connectivity index (χ4v) is 1.97. The second-order valence-electron chi connectivity index (χ2n) is 4.45. The number of amides is 1. The Morgan fingerprint density at radius 1 is 1.38 bits per heavy atom. The van der Waals surface area contributed by atoms with Gasteiger partial charge in [0, 0.05) is 32.7 Å². The molecule has 0 radical (unpaired) electrons. The molecule has 5 nitrogen and oxygen atoms in total. The second kappa shape index (κ2) is 6.83. The average Bonchev–Trinajstić information content (AvgIpc) is 2.26. The fraction of sp³-hybridized carbons (Fsp3) is 0.909. The highest BCUT2D eigenvalue weighted by Gasteiger charge is 2.18.